The van der Waals surface area contributed by atoms with Crippen LogP contribution in [0.25, 0.3) is 0 Å². The van der Waals surface area contributed by atoms with Gasteiger partial charge in [0.1, 0.15) is 18.9 Å². The van der Waals surface area contributed by atoms with Crippen LogP contribution >= 0.6 is 13.5 Å². The third-order valence-electron chi connectivity index (χ3n) is 5.55. The summed E-state index contributed by atoms with van der Waals surface area (Å²) < 4.78 is 50.2. The van der Waals surface area contributed by atoms with Gasteiger partial charge in [0.05, 0.1) is 5.69 Å². The molecule has 2 aromatic heterocycles. The highest BCUT2D eigenvalue weighted by Gasteiger charge is 2.34. The Morgan fingerprint density at radius 2 is 1.93 bits per heavy atom. The van der Waals surface area contributed by atoms with Crippen LogP contribution in [0.1, 0.15) is 42.0 Å². The molecule has 0 aliphatic carbocycles. The largest absolute Gasteiger partial charge is 0.484 e. The average molecular weight is 442 g/mol. The van der Waals surface area contributed by atoms with Gasteiger partial charge in [0.2, 0.25) is 0 Å². The summed E-state index contributed by atoms with van der Waals surface area (Å²) in [6, 6.07) is 6.87. The lowest BCUT2D eigenvalue weighted by Crippen LogP contribution is -2.26. The quantitative estimate of drug-likeness (QED) is 0.708. The van der Waals surface area contributed by atoms with Crippen molar-refractivity contribution in [2.24, 2.45) is 5.92 Å². The molecular weight excluding hydrogens is 415 g/mol. The summed E-state index contributed by atoms with van der Waals surface area (Å²) in [5.74, 6) is 1.50. The van der Waals surface area contributed by atoms with E-state index in [-0.39, 0.29) is 19.5 Å². The highest BCUT2D eigenvalue weighted by molar-refractivity contribution is 7.59. The van der Waals surface area contributed by atoms with Gasteiger partial charge in [-0.25, -0.2) is 9.97 Å². The third kappa shape index (κ3) is 5.00. The maximum Gasteiger partial charge on any atom is 0.433 e. The number of ether oxygens (including phenoxy) is 2. The van der Waals surface area contributed by atoms with E-state index in [2.05, 4.69) is 21.8 Å². The number of hydrogen-bond acceptors (Lipinski definition) is 5. The number of aromatic nitrogens is 2. The number of aryl methyl sites for hydroxylation is 1. The lowest BCUT2D eigenvalue weighted by atomic mass is 9.98. The van der Waals surface area contributed by atoms with Gasteiger partial charge in [-0.15, -0.1) is 0 Å². The number of fused-ring (bicyclic) bond motifs is 1. The first kappa shape index (κ1) is 22.7. The van der Waals surface area contributed by atoms with Gasteiger partial charge in [-0.05, 0) is 69.0 Å². The van der Waals surface area contributed by atoms with Crippen molar-refractivity contribution in [1.82, 2.24) is 14.9 Å². The Morgan fingerprint density at radius 3 is 2.70 bits per heavy atom. The monoisotopic (exact) mass is 441 g/mol. The van der Waals surface area contributed by atoms with Crippen LogP contribution in [0.2, 0.25) is 0 Å². The summed E-state index contributed by atoms with van der Waals surface area (Å²) in [4.78, 5) is 10.5. The number of pyridine rings is 2. The molecule has 1 unspecified atom stereocenters. The second kappa shape index (κ2) is 9.01. The van der Waals surface area contributed by atoms with Crippen LogP contribution in [0.5, 0.6) is 11.6 Å². The molecule has 0 saturated carbocycles. The van der Waals surface area contributed by atoms with Crippen molar-refractivity contribution < 1.29 is 22.6 Å². The van der Waals surface area contributed by atoms with Crippen molar-refractivity contribution in [2.45, 2.75) is 38.9 Å². The van der Waals surface area contributed by atoms with Gasteiger partial charge in [0, 0.05) is 18.3 Å². The van der Waals surface area contributed by atoms with Gasteiger partial charge in [-0.1, -0.05) is 0 Å². The van der Waals surface area contributed by atoms with E-state index < -0.39 is 11.9 Å². The normalized spacial score (nSPS) is 20.0. The zero-order valence-corrected chi connectivity index (χ0v) is 18.0. The van der Waals surface area contributed by atoms with E-state index in [1.54, 1.807) is 13.0 Å². The van der Waals surface area contributed by atoms with E-state index in [1.165, 1.54) is 6.07 Å². The SMILES string of the molecule is Cc1cc(C[C@H]2CCN(C(C)c3ccc4c(n3)OCCO4)C2)cc(C(F)(F)F)n1.S. The van der Waals surface area contributed by atoms with Crippen LogP contribution < -0.4 is 9.47 Å². The van der Waals surface area contributed by atoms with Crippen LogP contribution in [0.15, 0.2) is 24.3 Å². The molecule has 0 aromatic carbocycles. The van der Waals surface area contributed by atoms with E-state index in [0.717, 1.165) is 25.2 Å². The molecule has 164 valence electrons. The first-order valence-electron chi connectivity index (χ1n) is 9.85. The van der Waals surface area contributed by atoms with Gasteiger partial charge >= 0.3 is 6.18 Å². The van der Waals surface area contributed by atoms with Crippen LogP contribution in [0, 0.1) is 12.8 Å². The third-order valence-corrected chi connectivity index (χ3v) is 5.55. The van der Waals surface area contributed by atoms with Crippen LogP contribution in [-0.4, -0.2) is 41.2 Å². The molecule has 2 aromatic rings. The van der Waals surface area contributed by atoms with Crippen LogP contribution in [-0.2, 0) is 12.6 Å². The summed E-state index contributed by atoms with van der Waals surface area (Å²) in [7, 11) is 0. The molecule has 0 N–H and O–H groups in total. The van der Waals surface area contributed by atoms with Gasteiger partial charge in [0.25, 0.3) is 5.88 Å². The van der Waals surface area contributed by atoms with Gasteiger partial charge in [0.15, 0.2) is 5.75 Å². The summed E-state index contributed by atoms with van der Waals surface area (Å²) >= 11 is 0. The average Bonchev–Trinajstić information content (AvgIpc) is 3.14. The maximum atomic E-state index is 13.0. The molecule has 0 radical (unpaired) electrons. The fourth-order valence-corrected chi connectivity index (χ4v) is 4.08. The molecule has 0 bridgehead atoms. The molecule has 0 spiro atoms. The zero-order chi connectivity index (χ0) is 20.6. The topological polar surface area (TPSA) is 47.5 Å². The first-order chi connectivity index (χ1) is 13.8. The number of nitrogens with zero attached hydrogens (tertiary/aromatic N) is 3. The predicted molar refractivity (Wildman–Crippen MR) is 111 cm³/mol. The molecule has 2 aliphatic heterocycles. The summed E-state index contributed by atoms with van der Waals surface area (Å²) in [6.45, 7) is 6.43. The summed E-state index contributed by atoms with van der Waals surface area (Å²) in [5, 5.41) is 0. The Balaban J connectivity index is 0.00000256. The summed E-state index contributed by atoms with van der Waals surface area (Å²) in [5.41, 5.74) is 1.20. The van der Waals surface area contributed by atoms with Crippen molar-refractivity contribution in [3.8, 4) is 11.6 Å². The molecule has 5 nitrogen and oxygen atoms in total. The fourth-order valence-electron chi connectivity index (χ4n) is 4.08. The van der Waals surface area contributed by atoms with Crippen LogP contribution in [0.4, 0.5) is 13.2 Å². The lowest BCUT2D eigenvalue weighted by Gasteiger charge is -2.25. The minimum atomic E-state index is -4.42. The molecule has 30 heavy (non-hydrogen) atoms. The fraction of sp³-hybridized carbons (Fsp3) is 0.524. The van der Waals surface area contributed by atoms with E-state index in [4.69, 9.17) is 9.47 Å². The van der Waals surface area contributed by atoms with Crippen molar-refractivity contribution in [1.29, 1.82) is 0 Å². The van der Waals surface area contributed by atoms with E-state index in [0.29, 0.717) is 48.4 Å². The minimum Gasteiger partial charge on any atom is -0.484 e. The first-order valence-corrected chi connectivity index (χ1v) is 9.85. The number of halogens is 3. The molecular formula is C21H26F3N3O2S. The molecule has 4 heterocycles. The van der Waals surface area contributed by atoms with Gasteiger partial charge < -0.3 is 9.47 Å². The maximum absolute atomic E-state index is 13.0. The van der Waals surface area contributed by atoms with Crippen molar-refractivity contribution in [2.75, 3.05) is 26.3 Å². The molecule has 2 atom stereocenters. The highest BCUT2D eigenvalue weighted by atomic mass is 32.1. The zero-order valence-electron chi connectivity index (χ0n) is 17.0. The number of rotatable bonds is 4. The Hall–Kier alpha value is -2.00. The lowest BCUT2D eigenvalue weighted by molar-refractivity contribution is -0.141. The predicted octanol–water partition coefficient (Wildman–Crippen LogP) is 4.31. The Labute approximate surface area is 181 Å². The van der Waals surface area contributed by atoms with Crippen molar-refractivity contribution in [3.63, 3.8) is 0 Å². The molecule has 1 saturated heterocycles. The second-order valence-electron chi connectivity index (χ2n) is 7.77. The highest BCUT2D eigenvalue weighted by Crippen LogP contribution is 2.34. The van der Waals surface area contributed by atoms with Gasteiger partial charge in [-0.2, -0.15) is 26.7 Å². The van der Waals surface area contributed by atoms with Gasteiger partial charge in [-0.3, -0.25) is 4.90 Å². The van der Waals surface area contributed by atoms with E-state index in [9.17, 15) is 13.2 Å². The Bertz CT molecular complexity index is 894. The van der Waals surface area contributed by atoms with Crippen molar-refractivity contribution >= 4 is 13.5 Å². The smallest absolute Gasteiger partial charge is 0.433 e. The molecule has 1 fully saturated rings. The number of hydrogen-bond donors (Lipinski definition) is 0. The molecule has 2 aliphatic rings. The molecule has 9 heteroatoms. The van der Waals surface area contributed by atoms with Crippen LogP contribution in [0.3, 0.4) is 0 Å². The number of alkyl halides is 3. The van der Waals surface area contributed by atoms with Crippen molar-refractivity contribution in [3.05, 3.63) is 46.9 Å². The minimum absolute atomic E-state index is 0. The Morgan fingerprint density at radius 1 is 1.17 bits per heavy atom. The van der Waals surface area contributed by atoms with E-state index in [1.807, 2.05) is 12.1 Å². The van der Waals surface area contributed by atoms with E-state index >= 15 is 0 Å². The standard InChI is InChI=1S/C21H24F3N3O2.H2S/c1-13-9-16(11-19(25-13)21(22,23)24)10-15-5-6-27(12-15)14(2)17-3-4-18-20(26-17)29-8-7-28-18;/h3-4,9,11,14-15H,5-8,10,12H2,1-2H3;1H2/t14?,15-;/m1./s1. The molecule has 0 amide bonds. The number of likely N-dealkylation sites (tertiary alicyclic amines) is 1. The summed E-state index contributed by atoms with van der Waals surface area (Å²) in [6.07, 6.45) is -2.86. The second-order valence-corrected chi connectivity index (χ2v) is 7.77. The molecule has 4 rings (SSSR count). The Kier molecular flexibility index (Phi) is 6.81.